The highest BCUT2D eigenvalue weighted by Crippen LogP contribution is 2.58. The van der Waals surface area contributed by atoms with E-state index in [-0.39, 0.29) is 23.3 Å². The van der Waals surface area contributed by atoms with Gasteiger partial charge in [0.1, 0.15) is 23.3 Å². The number of H-pyrrole nitrogens is 1. The number of hydrogen-bond acceptors (Lipinski definition) is 4. The molecule has 8 nitrogen and oxygen atoms in total. The Morgan fingerprint density at radius 1 is 0.210 bits per heavy atom. The molecule has 0 saturated carbocycles. The number of fused-ring (bicyclic) bond motifs is 12. The number of rotatable bonds is 33. The number of anilines is 12. The van der Waals surface area contributed by atoms with Gasteiger partial charge in [-0.15, -0.1) is 0 Å². The van der Waals surface area contributed by atoms with Crippen LogP contribution in [-0.4, -0.2) is 18.7 Å². The van der Waals surface area contributed by atoms with E-state index in [1.54, 1.807) is 48.5 Å². The van der Waals surface area contributed by atoms with E-state index >= 15 is 17.6 Å². The van der Waals surface area contributed by atoms with Crippen LogP contribution in [0.25, 0.3) is 120 Å². The zero-order chi connectivity index (χ0) is 83.9. The predicted molar refractivity (Wildman–Crippen MR) is 517 cm³/mol. The van der Waals surface area contributed by atoms with Crippen molar-refractivity contribution in [3.8, 4) is 0 Å². The second-order valence-electron chi connectivity index (χ2n) is 33.8. The van der Waals surface area contributed by atoms with Crippen molar-refractivity contribution in [2.75, 3.05) is 19.6 Å². The Balaban J connectivity index is 0.951. The Morgan fingerprint density at radius 2 is 0.468 bits per heavy atom. The third-order valence-corrected chi connectivity index (χ3v) is 26.1. The largest absolute Gasteiger partial charge is 0.354 e. The second kappa shape index (κ2) is 34.5. The molecule has 1 N–H and O–H groups in total. The van der Waals surface area contributed by atoms with E-state index in [1.165, 1.54) is 77.0 Å². The van der Waals surface area contributed by atoms with Gasteiger partial charge in [0, 0.05) is 145 Å². The molecule has 0 unspecified atom stereocenters. The number of para-hydroxylation sites is 4. The minimum Gasteiger partial charge on any atom is -0.354 e. The van der Waals surface area contributed by atoms with Crippen molar-refractivity contribution in [1.29, 1.82) is 0 Å². The van der Waals surface area contributed by atoms with Gasteiger partial charge in [0.15, 0.2) is 0 Å². The minimum atomic E-state index is -0.371. The molecule has 16 aromatic carbocycles. The summed E-state index contributed by atoms with van der Waals surface area (Å²) in [6.45, 7) is 9.28. The van der Waals surface area contributed by atoms with Crippen LogP contribution in [0.1, 0.15) is 136 Å². The highest BCUT2D eigenvalue weighted by molar-refractivity contribution is 6.35. The number of nitrogens with zero attached hydrogens (tertiary/aromatic N) is 7. The zero-order valence-electron chi connectivity index (χ0n) is 70.9. The van der Waals surface area contributed by atoms with E-state index in [4.69, 9.17) is 0 Å². The van der Waals surface area contributed by atoms with E-state index < -0.39 is 0 Å². The van der Waals surface area contributed by atoms with Gasteiger partial charge in [-0.05, 0) is 201 Å². The summed E-state index contributed by atoms with van der Waals surface area (Å²) < 4.78 is 72.7. The summed E-state index contributed by atoms with van der Waals surface area (Å²) in [5.74, 6) is -1.46. The van der Waals surface area contributed by atoms with Crippen LogP contribution in [0.4, 0.5) is 85.8 Å². The summed E-state index contributed by atoms with van der Waals surface area (Å²) >= 11 is 0. The van der Waals surface area contributed by atoms with Crippen molar-refractivity contribution in [2.45, 2.75) is 156 Å². The summed E-state index contributed by atoms with van der Waals surface area (Å²) in [5, 5.41) is 13.9. The number of unbranched alkanes of at least 4 members (excludes halogenated alkanes) is 15. The Morgan fingerprint density at radius 3 is 0.790 bits per heavy atom. The van der Waals surface area contributed by atoms with Gasteiger partial charge in [-0.2, -0.15) is 0 Å². The minimum absolute atomic E-state index is 0.363. The average molecular weight is 1640 g/mol. The highest BCUT2D eigenvalue weighted by Gasteiger charge is 2.34. The lowest BCUT2D eigenvalue weighted by Gasteiger charge is -2.35. The van der Waals surface area contributed by atoms with E-state index in [2.05, 4.69) is 265 Å². The predicted octanol–water partition coefficient (Wildman–Crippen LogP) is 34.1. The number of benzene rings is 16. The fourth-order valence-electron chi connectivity index (χ4n) is 20.4. The molecule has 124 heavy (non-hydrogen) atoms. The van der Waals surface area contributed by atoms with E-state index in [0.717, 1.165) is 240 Å². The van der Waals surface area contributed by atoms with E-state index in [9.17, 15) is 0 Å². The maximum Gasteiger partial charge on any atom is 0.123 e. The molecule has 0 atom stereocenters. The first kappa shape index (κ1) is 79.2. The molecule has 618 valence electrons. The maximum atomic E-state index is 16.3. The van der Waals surface area contributed by atoms with Crippen LogP contribution in [0.2, 0.25) is 0 Å². The van der Waals surface area contributed by atoms with Crippen molar-refractivity contribution in [2.24, 2.45) is 0 Å². The molecular formula is C112H102F4N8. The normalized spacial score (nSPS) is 12.0. The Labute approximate surface area is 721 Å². The SMILES string of the molecule is CCCCCCCCn1c2ccccc2c2c(N(c3ccc(F)cc3)c3cc(N(c4ccc(F)cc4)c4cccc5[nH]c6ccccc6c45)c4ccc5c(N(c6ccc(F)cc6)c6cccc7c6c6ccccc6n7CCCCCCCC)cc(N(c6ccc(F)cc6)c6cccc7c6c6ccccc6n7CCCCCCCC)c6ccc3c4c56)cccc21. The van der Waals surface area contributed by atoms with Crippen LogP contribution in [-0.2, 0) is 19.6 Å². The maximum absolute atomic E-state index is 16.3. The first-order valence-electron chi connectivity index (χ1n) is 45.1. The van der Waals surface area contributed by atoms with Gasteiger partial charge in [-0.25, -0.2) is 17.6 Å². The Bertz CT molecular complexity index is 7080. The van der Waals surface area contributed by atoms with Gasteiger partial charge < -0.3 is 38.3 Å². The second-order valence-corrected chi connectivity index (χ2v) is 33.8. The van der Waals surface area contributed by atoms with Crippen molar-refractivity contribution in [3.05, 3.63) is 327 Å². The van der Waals surface area contributed by atoms with Gasteiger partial charge in [0.2, 0.25) is 0 Å². The third-order valence-electron chi connectivity index (χ3n) is 26.1. The number of nitrogens with one attached hydrogen (secondary N) is 1. The van der Waals surface area contributed by atoms with Crippen LogP contribution in [0.3, 0.4) is 0 Å². The molecule has 20 rings (SSSR count). The van der Waals surface area contributed by atoms with Crippen LogP contribution < -0.4 is 19.6 Å². The van der Waals surface area contributed by atoms with Gasteiger partial charge in [-0.1, -0.05) is 238 Å². The molecule has 12 heteroatoms. The molecule has 0 aliphatic heterocycles. The Hall–Kier alpha value is -13.3. The number of hydrogen-bond donors (Lipinski definition) is 1. The molecule has 0 aliphatic carbocycles. The molecule has 0 spiro atoms. The molecular weight excluding hydrogens is 1530 g/mol. The number of aromatic nitrogens is 4. The number of aromatic amines is 1. The topological polar surface area (TPSA) is 43.5 Å². The van der Waals surface area contributed by atoms with Gasteiger partial charge in [-0.3, -0.25) is 0 Å². The highest BCUT2D eigenvalue weighted by atomic mass is 19.1. The van der Waals surface area contributed by atoms with Crippen molar-refractivity contribution in [3.63, 3.8) is 0 Å². The third kappa shape index (κ3) is 14.3. The van der Waals surface area contributed by atoms with E-state index in [0.29, 0.717) is 5.69 Å². The molecule has 20 aromatic rings. The van der Waals surface area contributed by atoms with Gasteiger partial charge in [0.25, 0.3) is 0 Å². The van der Waals surface area contributed by atoms with E-state index in [1.807, 2.05) is 48.5 Å². The molecule has 4 heterocycles. The van der Waals surface area contributed by atoms with Gasteiger partial charge in [0.05, 0.1) is 62.0 Å². The molecule has 0 bridgehead atoms. The Kier molecular flexibility index (Phi) is 22.1. The van der Waals surface area contributed by atoms with Crippen molar-refractivity contribution in [1.82, 2.24) is 18.7 Å². The summed E-state index contributed by atoms with van der Waals surface area (Å²) in [4.78, 5) is 13.2. The number of halogens is 4. The first-order valence-corrected chi connectivity index (χ1v) is 45.1. The summed E-state index contributed by atoms with van der Waals surface area (Å²) in [6.07, 6.45) is 20.8. The molecule has 0 radical (unpaired) electrons. The molecule has 0 aliphatic rings. The molecule has 4 aromatic heterocycles. The van der Waals surface area contributed by atoms with Crippen LogP contribution in [0.15, 0.2) is 303 Å². The van der Waals surface area contributed by atoms with Crippen LogP contribution in [0, 0.1) is 23.3 Å². The summed E-state index contributed by atoms with van der Waals surface area (Å²) in [7, 11) is 0. The van der Waals surface area contributed by atoms with Gasteiger partial charge >= 0.3 is 0 Å². The lowest BCUT2D eigenvalue weighted by molar-refractivity contribution is 0.571. The quantitative estimate of drug-likeness (QED) is 0.0253. The van der Waals surface area contributed by atoms with Crippen molar-refractivity contribution >= 4 is 188 Å². The average Bonchev–Trinajstić information content (AvgIpc) is 0.770. The first-order chi connectivity index (χ1) is 61.1. The standard InChI is InChI=1S/C112H102F4N8/c1-4-7-10-13-16-27-70-118-93-40-24-20-35-84(93)110-96(118)43-31-47-100(110)122(80-60-52-76(114)53-61-80)104-73-103(121(79-58-50-75(113)51-59-79)99-46-30-39-92-109(99)83-34-19-23-38-91(83)117-92)87-66-67-89-105(123(81-62-54-77(115)55-63-81)101-48-32-44-97-111(101)85-36-21-25-41-94(85)119(97)71-28-17-14-11-8-5-2)74-106(90-69-68-88(104)107(87)108(89)90)124(82-64-56-78(116)57-65-82)102-49-33-45-98-112(102)86-37-22-26-42-95(86)120(98)72-29-18-15-12-9-6-3/h19-26,30-69,73-74,117H,4-18,27-29,70-72H2,1-3H3. The van der Waals surface area contributed by atoms with Crippen LogP contribution >= 0.6 is 0 Å². The fourth-order valence-corrected chi connectivity index (χ4v) is 20.4. The molecule has 0 amide bonds. The smallest absolute Gasteiger partial charge is 0.123 e. The van der Waals surface area contributed by atoms with Crippen molar-refractivity contribution < 1.29 is 17.6 Å². The molecule has 0 fully saturated rings. The monoisotopic (exact) mass is 1630 g/mol. The lowest BCUT2D eigenvalue weighted by Crippen LogP contribution is -2.16. The zero-order valence-corrected chi connectivity index (χ0v) is 70.9. The molecule has 0 saturated heterocycles. The number of aryl methyl sites for hydroxylation is 3. The summed E-state index contributed by atoms with van der Waals surface area (Å²) in [5.41, 5.74) is 18.2. The lowest BCUT2D eigenvalue weighted by atomic mass is 9.88. The summed E-state index contributed by atoms with van der Waals surface area (Å²) in [6, 6.07) is 103. The van der Waals surface area contributed by atoms with Crippen LogP contribution in [0.5, 0.6) is 0 Å². The fraction of sp³-hybridized carbons (Fsp3) is 0.214.